The average molecular weight is 619 g/mol. The van der Waals surface area contributed by atoms with Crippen LogP contribution in [0, 0.1) is 0 Å². The Morgan fingerprint density at radius 2 is 1.53 bits per heavy atom. The molecule has 3 aromatic carbocycles. The van der Waals surface area contributed by atoms with Crippen molar-refractivity contribution in [3.63, 3.8) is 0 Å². The molecule has 2 aliphatic rings. The van der Waals surface area contributed by atoms with E-state index in [4.69, 9.17) is 4.74 Å². The molecule has 0 radical (unpaired) electrons. The number of alkyl halides is 6. The molecule has 0 unspecified atom stereocenters. The summed E-state index contributed by atoms with van der Waals surface area (Å²) in [7, 11) is 0. The average Bonchev–Trinajstić information content (AvgIpc) is 3.59. The SMILES string of the molecule is FC(F)(F)c1cc(CO[C@@H]2CC[C@@H]3N[C@@]2(c2ccccc2)C[C@H]3c2cn(CSc3ccccc3)nn2)cc(C(F)(F)F)c1. The van der Waals surface area contributed by atoms with Crippen LogP contribution in [-0.4, -0.2) is 27.1 Å². The maximum absolute atomic E-state index is 13.4. The van der Waals surface area contributed by atoms with Crippen molar-refractivity contribution in [3.05, 3.63) is 113 Å². The summed E-state index contributed by atoms with van der Waals surface area (Å²) in [5, 5.41) is 12.6. The largest absolute Gasteiger partial charge is 0.416 e. The number of hydrogen-bond acceptors (Lipinski definition) is 5. The molecule has 0 saturated carbocycles. The van der Waals surface area contributed by atoms with Crippen molar-refractivity contribution in [3.8, 4) is 0 Å². The van der Waals surface area contributed by atoms with Crippen molar-refractivity contribution in [1.29, 1.82) is 0 Å². The number of thioether (sulfide) groups is 1. The molecular formula is C31H28F6N4OS. The van der Waals surface area contributed by atoms with E-state index in [0.29, 0.717) is 25.1 Å². The van der Waals surface area contributed by atoms with Crippen molar-refractivity contribution in [1.82, 2.24) is 20.3 Å². The summed E-state index contributed by atoms with van der Waals surface area (Å²) in [5.74, 6) is 0.587. The lowest BCUT2D eigenvalue weighted by molar-refractivity contribution is -0.143. The fraction of sp³-hybridized carbons (Fsp3) is 0.355. The zero-order chi connectivity index (χ0) is 30.2. The summed E-state index contributed by atoms with van der Waals surface area (Å²) < 4.78 is 88.7. The van der Waals surface area contributed by atoms with Gasteiger partial charge in [0.25, 0.3) is 0 Å². The quantitative estimate of drug-likeness (QED) is 0.161. The number of halogens is 6. The predicted octanol–water partition coefficient (Wildman–Crippen LogP) is 7.79. The minimum atomic E-state index is -4.92. The lowest BCUT2D eigenvalue weighted by Gasteiger charge is -2.42. The molecule has 0 amide bonds. The molecule has 1 N–H and O–H groups in total. The summed E-state index contributed by atoms with van der Waals surface area (Å²) in [6, 6.07) is 21.2. The standard InChI is InChI=1S/C31H28F6N4OS/c32-30(33,34)22-13-20(14-23(15-22)31(35,36)37)18-42-28-12-11-26-25(16-29(28,38-26)21-7-3-1-4-8-21)27-17-41(40-39-27)19-43-24-9-5-2-6-10-24/h1-10,13-15,17,25-26,28,38H,11-12,16,18-19H2/t25-,26+,28-,29-/m1/s1. The Kier molecular flexibility index (Phi) is 8.03. The first kappa shape index (κ1) is 29.7. The number of nitrogens with one attached hydrogen (secondary N) is 1. The maximum Gasteiger partial charge on any atom is 0.416 e. The lowest BCUT2D eigenvalue weighted by atomic mass is 9.79. The Bertz CT molecular complexity index is 1510. The first-order chi connectivity index (χ1) is 20.5. The number of aromatic nitrogens is 3. The van der Waals surface area contributed by atoms with Crippen LogP contribution < -0.4 is 5.32 Å². The number of benzene rings is 3. The van der Waals surface area contributed by atoms with E-state index in [-0.39, 0.29) is 23.6 Å². The molecule has 2 aliphatic heterocycles. The molecule has 2 bridgehead atoms. The van der Waals surface area contributed by atoms with Gasteiger partial charge in [-0.05, 0) is 60.7 Å². The van der Waals surface area contributed by atoms with Crippen LogP contribution in [0.15, 0.2) is 90.0 Å². The first-order valence-electron chi connectivity index (χ1n) is 13.8. The molecule has 6 rings (SSSR count). The van der Waals surface area contributed by atoms with Crippen LogP contribution in [0.4, 0.5) is 26.3 Å². The number of hydrogen-bond donors (Lipinski definition) is 1. The molecule has 43 heavy (non-hydrogen) atoms. The smallest absolute Gasteiger partial charge is 0.371 e. The Balaban J connectivity index is 1.24. The van der Waals surface area contributed by atoms with Crippen molar-refractivity contribution < 1.29 is 31.1 Å². The number of fused-ring (bicyclic) bond motifs is 2. The van der Waals surface area contributed by atoms with Gasteiger partial charge >= 0.3 is 12.4 Å². The Morgan fingerprint density at radius 3 is 2.19 bits per heavy atom. The van der Waals surface area contributed by atoms with E-state index in [9.17, 15) is 26.3 Å². The van der Waals surface area contributed by atoms with Gasteiger partial charge in [-0.2, -0.15) is 26.3 Å². The third kappa shape index (κ3) is 6.32. The molecule has 0 aliphatic carbocycles. The van der Waals surface area contributed by atoms with Gasteiger partial charge in [-0.25, -0.2) is 4.68 Å². The van der Waals surface area contributed by atoms with E-state index < -0.39 is 41.7 Å². The zero-order valence-corrected chi connectivity index (χ0v) is 23.6. The lowest BCUT2D eigenvalue weighted by Crippen LogP contribution is -2.54. The molecule has 5 nitrogen and oxygen atoms in total. The second-order valence-electron chi connectivity index (χ2n) is 11.0. The summed E-state index contributed by atoms with van der Waals surface area (Å²) >= 11 is 1.64. The van der Waals surface area contributed by atoms with Gasteiger partial charge in [-0.15, -0.1) is 16.9 Å². The molecule has 3 heterocycles. The summed E-state index contributed by atoms with van der Waals surface area (Å²) in [5.41, 5.74) is -1.81. The number of piperidine rings is 1. The van der Waals surface area contributed by atoms with Crippen LogP contribution in [0.3, 0.4) is 0 Å². The molecule has 0 spiro atoms. The summed E-state index contributed by atoms with van der Waals surface area (Å²) in [4.78, 5) is 1.11. The molecule has 2 fully saturated rings. The maximum atomic E-state index is 13.4. The van der Waals surface area contributed by atoms with Gasteiger partial charge < -0.3 is 10.1 Å². The van der Waals surface area contributed by atoms with Crippen molar-refractivity contribution in [2.75, 3.05) is 0 Å². The molecular weight excluding hydrogens is 590 g/mol. The molecule has 4 atom stereocenters. The molecule has 12 heteroatoms. The van der Waals surface area contributed by atoms with Crippen LogP contribution in [0.5, 0.6) is 0 Å². The van der Waals surface area contributed by atoms with Crippen molar-refractivity contribution >= 4 is 11.8 Å². The highest BCUT2D eigenvalue weighted by Crippen LogP contribution is 2.50. The fourth-order valence-electron chi connectivity index (χ4n) is 6.22. The van der Waals surface area contributed by atoms with E-state index in [1.54, 1.807) is 16.4 Å². The van der Waals surface area contributed by atoms with E-state index in [2.05, 4.69) is 15.6 Å². The van der Waals surface area contributed by atoms with Crippen molar-refractivity contribution in [2.24, 2.45) is 0 Å². The highest BCUT2D eigenvalue weighted by molar-refractivity contribution is 7.98. The third-order valence-electron chi connectivity index (χ3n) is 8.19. The van der Waals surface area contributed by atoms with E-state index in [1.165, 1.54) is 0 Å². The van der Waals surface area contributed by atoms with Gasteiger partial charge in [-0.1, -0.05) is 53.7 Å². The highest BCUT2D eigenvalue weighted by Gasteiger charge is 2.55. The van der Waals surface area contributed by atoms with E-state index in [1.807, 2.05) is 66.9 Å². The van der Waals surface area contributed by atoms with E-state index in [0.717, 1.165) is 28.3 Å². The second kappa shape index (κ2) is 11.6. The monoisotopic (exact) mass is 618 g/mol. The Morgan fingerprint density at radius 1 is 0.884 bits per heavy atom. The van der Waals surface area contributed by atoms with Gasteiger partial charge in [0.2, 0.25) is 0 Å². The Hall–Kier alpha value is -3.35. The van der Waals surface area contributed by atoms with Crippen molar-refractivity contribution in [2.45, 2.75) is 72.6 Å². The van der Waals surface area contributed by atoms with Gasteiger partial charge in [0.05, 0.1) is 40.9 Å². The molecule has 2 saturated heterocycles. The number of nitrogens with zero attached hydrogens (tertiary/aromatic N) is 3. The van der Waals surface area contributed by atoms with Gasteiger partial charge in [-0.3, -0.25) is 0 Å². The number of ether oxygens (including phenoxy) is 1. The summed E-state index contributed by atoms with van der Waals surface area (Å²) in [6.07, 6.45) is -6.53. The highest BCUT2D eigenvalue weighted by atomic mass is 32.2. The van der Waals surface area contributed by atoms with Gasteiger partial charge in [0, 0.05) is 23.1 Å². The minimum absolute atomic E-state index is 0.00493. The topological polar surface area (TPSA) is 52.0 Å². The molecule has 1 aromatic heterocycles. The van der Waals surface area contributed by atoms with E-state index >= 15 is 0 Å². The van der Waals surface area contributed by atoms with Crippen LogP contribution in [0.25, 0.3) is 0 Å². The van der Waals surface area contributed by atoms with Crippen LogP contribution in [0.1, 0.15) is 53.1 Å². The predicted molar refractivity (Wildman–Crippen MR) is 149 cm³/mol. The van der Waals surface area contributed by atoms with Crippen LogP contribution in [-0.2, 0) is 35.1 Å². The van der Waals surface area contributed by atoms with Gasteiger partial charge in [0.15, 0.2) is 0 Å². The zero-order valence-electron chi connectivity index (χ0n) is 22.8. The second-order valence-corrected chi connectivity index (χ2v) is 12.0. The van der Waals surface area contributed by atoms with Crippen LogP contribution >= 0.6 is 11.8 Å². The minimum Gasteiger partial charge on any atom is -0.371 e. The normalized spacial score (nSPS) is 23.9. The first-order valence-corrected chi connectivity index (χ1v) is 14.8. The number of rotatable bonds is 8. The summed E-state index contributed by atoms with van der Waals surface area (Å²) in [6.45, 7) is -0.393. The third-order valence-corrected chi connectivity index (χ3v) is 9.19. The van der Waals surface area contributed by atoms with Crippen LogP contribution in [0.2, 0.25) is 0 Å². The van der Waals surface area contributed by atoms with Gasteiger partial charge in [0.1, 0.15) is 0 Å². The fourth-order valence-corrected chi connectivity index (χ4v) is 6.97. The molecule has 226 valence electrons. The Labute approximate surface area is 248 Å². The molecule has 4 aromatic rings.